The van der Waals surface area contributed by atoms with Gasteiger partial charge in [0.1, 0.15) is 0 Å². The molecule has 7 heavy (non-hydrogen) atoms. The van der Waals surface area contributed by atoms with E-state index in [4.69, 9.17) is 0 Å². The number of hydrogen-bond donors (Lipinski definition) is 0. The molecule has 0 amide bonds. The minimum Gasteiger partial charge on any atom is -0.544 e. The Bertz CT molecular complexity index is 37.1. The van der Waals surface area contributed by atoms with E-state index in [-0.39, 0.29) is 51.4 Å². The van der Waals surface area contributed by atoms with Gasteiger partial charge in [0.15, 0.2) is 0 Å². The van der Waals surface area contributed by atoms with Crippen molar-refractivity contribution in [2.24, 2.45) is 0 Å². The van der Waals surface area contributed by atoms with E-state index in [1.807, 2.05) is 13.3 Å². The number of rotatable bonds is 3. The molecule has 0 atom stereocenters. The average Bonchev–Trinajstić information content (AvgIpc) is 1.61. The van der Waals surface area contributed by atoms with E-state index >= 15 is 0 Å². The van der Waals surface area contributed by atoms with Gasteiger partial charge in [-0.1, -0.05) is 6.92 Å². The topological polar surface area (TPSA) is 17.1 Å². The molecule has 0 saturated heterocycles. The average molecular weight is 123 g/mol. The van der Waals surface area contributed by atoms with Crippen LogP contribution in [0.4, 0.5) is 0 Å². The van der Waals surface area contributed by atoms with Gasteiger partial charge in [-0.05, 0) is 0 Å². The summed E-state index contributed by atoms with van der Waals surface area (Å²) in [5.74, 6) is 0. The van der Waals surface area contributed by atoms with Crippen LogP contribution in [0.1, 0.15) is 19.8 Å². The summed E-state index contributed by atoms with van der Waals surface area (Å²) in [7, 11) is 0. The maximum atomic E-state index is 9.41. The van der Waals surface area contributed by atoms with Gasteiger partial charge >= 0.3 is 51.4 Å². The molecule has 0 saturated carbocycles. The van der Waals surface area contributed by atoms with Crippen molar-refractivity contribution in [2.45, 2.75) is 19.8 Å². The summed E-state index contributed by atoms with van der Waals surface area (Å²) >= 11 is 0. The second kappa shape index (κ2) is 10.3. The molecule has 0 bridgehead atoms. The molecule has 36 valence electrons. The van der Waals surface area contributed by atoms with E-state index in [0.29, 0.717) is 6.42 Å². The summed E-state index contributed by atoms with van der Waals surface area (Å²) in [4.78, 5) is 9.41. The Hall–Kier alpha value is 1.31. The third-order valence-corrected chi connectivity index (χ3v) is 0.516. The van der Waals surface area contributed by atoms with Gasteiger partial charge in [0.25, 0.3) is 0 Å². The zero-order valence-electron chi connectivity index (χ0n) is 4.90. The molecule has 0 radical (unpaired) electrons. The van der Waals surface area contributed by atoms with Crippen molar-refractivity contribution in [1.29, 1.82) is 0 Å². The number of hydrogen-bond acceptors (Lipinski definition) is 1. The van der Waals surface area contributed by atoms with E-state index in [1.165, 1.54) is 0 Å². The second-order valence-electron chi connectivity index (χ2n) is 1.05. The minimum absolute atomic E-state index is 0. The summed E-state index contributed by atoms with van der Waals surface area (Å²) in [6, 6.07) is 0. The van der Waals surface area contributed by atoms with E-state index in [2.05, 4.69) is 0 Å². The van der Waals surface area contributed by atoms with Crippen LogP contribution in [0.5, 0.6) is 0 Å². The van der Waals surface area contributed by atoms with Crippen LogP contribution in [0, 0.1) is 6.42 Å². The van der Waals surface area contributed by atoms with Crippen LogP contribution in [-0.2, 0) is 4.79 Å². The van der Waals surface area contributed by atoms with Gasteiger partial charge in [-0.2, -0.15) is 6.42 Å². The Morgan fingerprint density at radius 1 is 1.71 bits per heavy atom. The standard InChI is InChI=1S/C5H8O.K/c1-2-3-4-5-6;/h3H,2,4H2,1H3;/q-2;+1. The molecule has 0 heterocycles. The van der Waals surface area contributed by atoms with Gasteiger partial charge in [-0.25, -0.2) is 0 Å². The van der Waals surface area contributed by atoms with Crippen LogP contribution in [-0.4, -0.2) is 6.29 Å². The van der Waals surface area contributed by atoms with Crippen LogP contribution in [0.25, 0.3) is 0 Å². The first kappa shape index (κ1) is 11.1. The molecule has 0 aromatic heterocycles. The van der Waals surface area contributed by atoms with Crippen molar-refractivity contribution >= 4 is 6.29 Å². The Morgan fingerprint density at radius 2 is 2.29 bits per heavy atom. The summed E-state index contributed by atoms with van der Waals surface area (Å²) in [6.45, 7) is 2.00. The van der Waals surface area contributed by atoms with Gasteiger partial charge in [-0.3, -0.25) is 12.7 Å². The molecule has 0 rings (SSSR count). The largest absolute Gasteiger partial charge is 1.00 e. The molecule has 0 aromatic carbocycles. The molecule has 1 nitrogen and oxygen atoms in total. The van der Waals surface area contributed by atoms with Crippen molar-refractivity contribution in [3.05, 3.63) is 6.42 Å². The minimum atomic E-state index is 0. The van der Waals surface area contributed by atoms with E-state index < -0.39 is 0 Å². The second-order valence-corrected chi connectivity index (χ2v) is 1.05. The molecule has 0 aliphatic heterocycles. The summed E-state index contributed by atoms with van der Waals surface area (Å²) in [6.07, 6.45) is 5.10. The Balaban J connectivity index is 0. The molecule has 0 N–H and O–H groups in total. The SMILES string of the molecule is CC[CH-]C[C-]=O.[K+]. The van der Waals surface area contributed by atoms with Gasteiger partial charge in [0.2, 0.25) is 0 Å². The van der Waals surface area contributed by atoms with E-state index in [0.717, 1.165) is 6.42 Å². The molecular weight excluding hydrogens is 115 g/mol. The van der Waals surface area contributed by atoms with Crippen molar-refractivity contribution in [2.75, 3.05) is 0 Å². The van der Waals surface area contributed by atoms with Crippen molar-refractivity contribution in [1.82, 2.24) is 0 Å². The van der Waals surface area contributed by atoms with Crippen LogP contribution in [0.2, 0.25) is 0 Å². The van der Waals surface area contributed by atoms with E-state index in [1.54, 1.807) is 6.29 Å². The third-order valence-electron chi connectivity index (χ3n) is 0.516. The third kappa shape index (κ3) is 11.1. The first-order chi connectivity index (χ1) is 2.91. The molecule has 0 spiro atoms. The van der Waals surface area contributed by atoms with Crippen molar-refractivity contribution < 1.29 is 56.2 Å². The fraction of sp³-hybridized carbons (Fsp3) is 0.600. The van der Waals surface area contributed by atoms with Crippen molar-refractivity contribution in [3.8, 4) is 0 Å². The molecule has 0 aliphatic rings. The molecule has 0 aliphatic carbocycles. The van der Waals surface area contributed by atoms with Crippen LogP contribution >= 0.6 is 0 Å². The van der Waals surface area contributed by atoms with Gasteiger partial charge in [0, 0.05) is 0 Å². The van der Waals surface area contributed by atoms with Crippen molar-refractivity contribution in [3.63, 3.8) is 0 Å². The molecule has 0 fully saturated rings. The molecule has 0 aromatic rings. The number of unbranched alkanes of at least 4 members (excludes halogenated alkanes) is 2. The quantitative estimate of drug-likeness (QED) is 0.243. The predicted molar refractivity (Wildman–Crippen MR) is 24.9 cm³/mol. The van der Waals surface area contributed by atoms with Crippen LogP contribution < -0.4 is 51.4 Å². The van der Waals surface area contributed by atoms with Crippen LogP contribution in [0.15, 0.2) is 0 Å². The van der Waals surface area contributed by atoms with Gasteiger partial charge < -0.3 is 11.2 Å². The molecule has 2 heteroatoms. The summed E-state index contributed by atoms with van der Waals surface area (Å²) in [5.41, 5.74) is 0. The Morgan fingerprint density at radius 3 is 2.43 bits per heavy atom. The zero-order valence-corrected chi connectivity index (χ0v) is 8.02. The maximum absolute atomic E-state index is 9.41. The first-order valence-electron chi connectivity index (χ1n) is 2.08. The molecule has 0 unspecified atom stereocenters. The fourth-order valence-corrected chi connectivity index (χ4v) is 0.203. The van der Waals surface area contributed by atoms with Crippen LogP contribution in [0.3, 0.4) is 0 Å². The number of carbonyl (C=O) groups excluding carboxylic acids is 1. The van der Waals surface area contributed by atoms with E-state index in [9.17, 15) is 4.79 Å². The maximum Gasteiger partial charge on any atom is 1.00 e. The van der Waals surface area contributed by atoms with Gasteiger partial charge in [-0.15, -0.1) is 0 Å². The summed E-state index contributed by atoms with van der Waals surface area (Å²) in [5, 5.41) is 0. The molecular formula is C5H8KO-. The normalized spacial score (nSPS) is 7.00. The van der Waals surface area contributed by atoms with Gasteiger partial charge in [0.05, 0.1) is 0 Å². The summed E-state index contributed by atoms with van der Waals surface area (Å²) < 4.78 is 0. The predicted octanol–water partition coefficient (Wildman–Crippen LogP) is -1.90. The Labute approximate surface area is 87.3 Å². The first-order valence-corrected chi connectivity index (χ1v) is 2.08. The Kier molecular flexibility index (Phi) is 16.4. The zero-order chi connectivity index (χ0) is 4.83. The smallest absolute Gasteiger partial charge is 0.544 e. The monoisotopic (exact) mass is 123 g/mol. The fourth-order valence-electron chi connectivity index (χ4n) is 0.203.